The Balaban J connectivity index is 2.29. The Morgan fingerprint density at radius 3 is 2.05 bits per heavy atom. The summed E-state index contributed by atoms with van der Waals surface area (Å²) in [7, 11) is -3.03. The Morgan fingerprint density at radius 2 is 1.54 bits per heavy atom. The lowest BCUT2D eigenvalue weighted by molar-refractivity contribution is -0.323. The highest BCUT2D eigenvalue weighted by atomic mass is 31.2. The summed E-state index contributed by atoms with van der Waals surface area (Å²) in [4.78, 5) is 22.2. The molecule has 20 heteroatoms. The predicted octanol–water partition coefficient (Wildman–Crippen LogP) is -5.38. The average Bonchev–Trinajstić information content (AvgIpc) is 2.91. The molecule has 10 N–H and O–H groups in total. The molecule has 0 radical (unpaired) electrons. The molecule has 2 rings (SSSR count). The summed E-state index contributed by atoms with van der Waals surface area (Å²) < 4.78 is 48.8. The van der Waals surface area contributed by atoms with Crippen molar-refractivity contribution in [3.8, 4) is 0 Å². The molecule has 0 saturated carbocycles. The zero-order valence-electron chi connectivity index (χ0n) is 22.6. The van der Waals surface area contributed by atoms with Gasteiger partial charge in [0.2, 0.25) is 12.2 Å². The van der Waals surface area contributed by atoms with E-state index < -0.39 is 113 Å². The van der Waals surface area contributed by atoms with Crippen LogP contribution in [0.4, 0.5) is 0 Å². The lowest BCUT2D eigenvalue weighted by atomic mass is 9.96. The number of methoxy groups -OCH3 is 2. The fourth-order valence-electron chi connectivity index (χ4n) is 4.18. The van der Waals surface area contributed by atoms with Gasteiger partial charge in [-0.1, -0.05) is 0 Å². The van der Waals surface area contributed by atoms with Gasteiger partial charge in [0, 0.05) is 21.1 Å². The van der Waals surface area contributed by atoms with Gasteiger partial charge in [0.1, 0.15) is 61.0 Å². The Morgan fingerprint density at radius 1 is 0.927 bits per heavy atom. The highest BCUT2D eigenvalue weighted by molar-refractivity contribution is 7.47. The third-order valence-corrected chi connectivity index (χ3v) is 7.38. The summed E-state index contributed by atoms with van der Waals surface area (Å²) in [5, 5.41) is 83.0. The van der Waals surface area contributed by atoms with E-state index in [4.69, 9.17) is 32.7 Å². The molecule has 19 nitrogen and oxygen atoms in total. The zero-order valence-corrected chi connectivity index (χ0v) is 23.5. The normalized spacial score (nSPS) is 38.9. The molecule has 0 aliphatic carbocycles. The lowest BCUT2D eigenvalue weighted by Gasteiger charge is -2.45. The van der Waals surface area contributed by atoms with Crippen molar-refractivity contribution in [3.63, 3.8) is 0 Å². The molecule has 2 heterocycles. The second-order valence-electron chi connectivity index (χ2n) is 9.49. The highest BCUT2D eigenvalue weighted by Crippen LogP contribution is 2.46. The van der Waals surface area contributed by atoms with Gasteiger partial charge in [-0.25, -0.2) is 4.57 Å². The molecule has 41 heavy (non-hydrogen) atoms. The van der Waals surface area contributed by atoms with Gasteiger partial charge in [0.25, 0.3) is 0 Å². The molecular formula is C21H40NO18P. The van der Waals surface area contributed by atoms with Gasteiger partial charge in [0.05, 0.1) is 19.3 Å². The minimum absolute atomic E-state index is 0.658. The fourth-order valence-corrected chi connectivity index (χ4v) is 5.01. The molecule has 2 aliphatic rings. The summed E-state index contributed by atoms with van der Waals surface area (Å²) in [6, 6.07) is -1.36. The molecule has 0 bridgehead atoms. The van der Waals surface area contributed by atoms with Crippen molar-refractivity contribution in [3.05, 3.63) is 0 Å². The minimum Gasteiger partial charge on any atom is -0.394 e. The summed E-state index contributed by atoms with van der Waals surface area (Å²) in [5.74, 6) is -0.658. The fraction of sp³-hybridized carbons (Fsp3) is 0.952. The lowest BCUT2D eigenvalue weighted by Crippen LogP contribution is -2.66. The number of rotatable bonds is 14. The van der Waals surface area contributed by atoms with Crippen LogP contribution in [-0.2, 0) is 42.1 Å². The molecule has 15 atom stereocenters. The molecular weight excluding hydrogens is 585 g/mol. The third kappa shape index (κ3) is 9.27. The van der Waals surface area contributed by atoms with Crippen molar-refractivity contribution < 1.29 is 87.8 Å². The van der Waals surface area contributed by atoms with Crippen LogP contribution in [0.15, 0.2) is 0 Å². The molecule has 2 fully saturated rings. The first-order valence-electron chi connectivity index (χ1n) is 12.4. The first-order chi connectivity index (χ1) is 19.1. The second-order valence-corrected chi connectivity index (χ2v) is 10.9. The smallest absolute Gasteiger partial charge is 0.394 e. The number of hydrogen-bond donors (Lipinski definition) is 10. The van der Waals surface area contributed by atoms with E-state index in [1.807, 2.05) is 0 Å². The number of amides is 1. The number of carbonyl (C=O) groups is 1. The van der Waals surface area contributed by atoms with Crippen LogP contribution in [0.25, 0.3) is 0 Å². The van der Waals surface area contributed by atoms with Crippen LogP contribution in [0.1, 0.15) is 13.8 Å². The van der Waals surface area contributed by atoms with E-state index in [0.29, 0.717) is 0 Å². The Labute approximate surface area is 234 Å². The van der Waals surface area contributed by atoms with Crippen molar-refractivity contribution in [2.24, 2.45) is 0 Å². The number of phosphoric ester groups is 1. The molecule has 2 saturated heterocycles. The summed E-state index contributed by atoms with van der Waals surface area (Å²) in [6.45, 7) is 0.478. The van der Waals surface area contributed by atoms with Crippen molar-refractivity contribution in [2.45, 2.75) is 99.8 Å². The number of nitrogens with one attached hydrogen (secondary N) is 1. The third-order valence-electron chi connectivity index (χ3n) is 6.43. The van der Waals surface area contributed by atoms with Crippen LogP contribution >= 0.6 is 7.82 Å². The summed E-state index contributed by atoms with van der Waals surface area (Å²) in [5.41, 5.74) is 0. The van der Waals surface area contributed by atoms with Gasteiger partial charge in [0.15, 0.2) is 12.6 Å². The van der Waals surface area contributed by atoms with Crippen LogP contribution in [-0.4, -0.2) is 165 Å². The SMILES string of the molecule is CO[C@@H]1O[C@H](COP(=O)(O)OC(O[C@@H]2O[C@H](CO)[C@H](O)[C@H](OC)[C@H]2NC(C)=O)[C@@H](O)[C@@H](O)[C@H](C)O)[C@@H](O)[C@H](O)[C@H]1O. The van der Waals surface area contributed by atoms with Crippen LogP contribution in [0.2, 0.25) is 0 Å². The van der Waals surface area contributed by atoms with Gasteiger partial charge in [-0.15, -0.1) is 0 Å². The quantitative estimate of drug-likeness (QED) is 0.0636. The maximum Gasteiger partial charge on any atom is 0.474 e. The van der Waals surface area contributed by atoms with E-state index in [9.17, 15) is 55.1 Å². The molecule has 0 aromatic carbocycles. The number of aliphatic hydroxyl groups excluding tert-OH is 8. The van der Waals surface area contributed by atoms with Gasteiger partial charge in [-0.3, -0.25) is 13.8 Å². The number of ether oxygens (including phenoxy) is 5. The standard InChI is InChI=1S/C21H40NO18P/c1-7(24)12(26)16(30)21(39-19-11(22-8(2)25)18(34-3)14(28)9(5-23)37-19)40-41(32,33)36-6-10-13(27)15(29)17(31)20(35-4)38-10/h7,9-21,23-24,26-31H,5-6H2,1-4H3,(H,22,25)(H,32,33)/t7-,9+,10+,11+,12-,13+,14-,15-,16-,17+,18+,19-,20+,21?/m0/s1. The monoisotopic (exact) mass is 625 g/mol. The first kappa shape index (κ1) is 36.3. The number of hydrogen-bond acceptors (Lipinski definition) is 17. The molecule has 2 unspecified atom stereocenters. The van der Waals surface area contributed by atoms with Crippen LogP contribution in [0.5, 0.6) is 0 Å². The summed E-state index contributed by atoms with van der Waals surface area (Å²) in [6.07, 6.45) is -22.3. The van der Waals surface area contributed by atoms with Crippen molar-refractivity contribution in [1.82, 2.24) is 5.32 Å². The topological polar surface area (TPSA) is 293 Å². The predicted molar refractivity (Wildman–Crippen MR) is 129 cm³/mol. The van der Waals surface area contributed by atoms with Gasteiger partial charge in [-0.2, -0.15) is 0 Å². The van der Waals surface area contributed by atoms with Crippen molar-refractivity contribution in [2.75, 3.05) is 27.4 Å². The van der Waals surface area contributed by atoms with Crippen molar-refractivity contribution >= 4 is 13.7 Å². The van der Waals surface area contributed by atoms with Crippen LogP contribution in [0, 0.1) is 0 Å². The molecule has 242 valence electrons. The number of aliphatic hydroxyl groups is 8. The van der Waals surface area contributed by atoms with E-state index in [0.717, 1.165) is 21.0 Å². The molecule has 2 aliphatic heterocycles. The van der Waals surface area contributed by atoms with Crippen LogP contribution in [0.3, 0.4) is 0 Å². The Bertz CT molecular complexity index is 866. The largest absolute Gasteiger partial charge is 0.474 e. The number of carbonyl (C=O) groups excluding carboxylic acids is 1. The Kier molecular flexibility index (Phi) is 13.9. The number of phosphoric acid groups is 1. The van der Waals surface area contributed by atoms with E-state index >= 15 is 0 Å². The van der Waals surface area contributed by atoms with E-state index in [1.54, 1.807) is 0 Å². The van der Waals surface area contributed by atoms with Gasteiger partial charge >= 0.3 is 7.82 Å². The second kappa shape index (κ2) is 15.7. The maximum atomic E-state index is 12.8. The first-order valence-corrected chi connectivity index (χ1v) is 13.9. The molecule has 1 amide bonds. The zero-order chi connectivity index (χ0) is 31.2. The van der Waals surface area contributed by atoms with Crippen LogP contribution < -0.4 is 5.32 Å². The minimum atomic E-state index is -5.33. The maximum absolute atomic E-state index is 12.8. The molecule has 0 spiro atoms. The average molecular weight is 626 g/mol. The summed E-state index contributed by atoms with van der Waals surface area (Å²) >= 11 is 0. The van der Waals surface area contributed by atoms with E-state index in [1.165, 1.54) is 7.11 Å². The highest BCUT2D eigenvalue weighted by Gasteiger charge is 2.50. The van der Waals surface area contributed by atoms with Gasteiger partial charge < -0.3 is 74.7 Å². The van der Waals surface area contributed by atoms with Gasteiger partial charge in [-0.05, 0) is 6.92 Å². The molecule has 0 aromatic rings. The van der Waals surface area contributed by atoms with Crippen molar-refractivity contribution in [1.29, 1.82) is 0 Å². The Hall–Kier alpha value is -0.940. The van der Waals surface area contributed by atoms with E-state index in [-0.39, 0.29) is 0 Å². The van der Waals surface area contributed by atoms with E-state index in [2.05, 4.69) is 5.32 Å². The molecule has 0 aromatic heterocycles.